The fourth-order valence-corrected chi connectivity index (χ4v) is 1.96. The van der Waals surface area contributed by atoms with Crippen LogP contribution in [-0.4, -0.2) is 16.7 Å². The Hall–Kier alpha value is -1.88. The van der Waals surface area contributed by atoms with Crippen LogP contribution >= 0.6 is 0 Å². The van der Waals surface area contributed by atoms with Crippen LogP contribution in [0.2, 0.25) is 0 Å². The number of nitrogens with one attached hydrogen (secondary N) is 1. The molecule has 0 amide bonds. The predicted molar refractivity (Wildman–Crippen MR) is 76.7 cm³/mol. The monoisotopic (exact) mass is 275 g/mol. The summed E-state index contributed by atoms with van der Waals surface area (Å²) in [7, 11) is 0. The van der Waals surface area contributed by atoms with Crippen LogP contribution in [0.1, 0.15) is 35.3 Å². The molecule has 0 aliphatic heterocycles. The van der Waals surface area contributed by atoms with Gasteiger partial charge in [-0.2, -0.15) is 0 Å². The smallest absolute Gasteiger partial charge is 0.142 e. The summed E-state index contributed by atoms with van der Waals surface area (Å²) in [6.07, 6.45) is 0. The minimum Gasteiger partial charge on any atom is -0.487 e. The minimum atomic E-state index is 0.449. The molecule has 2 aromatic heterocycles. The van der Waals surface area contributed by atoms with Gasteiger partial charge < -0.3 is 14.6 Å². The number of aryl methyl sites for hydroxylation is 3. The topological polar surface area (TPSA) is 60.2 Å². The van der Waals surface area contributed by atoms with Crippen LogP contribution < -0.4 is 10.1 Å². The zero-order valence-corrected chi connectivity index (χ0v) is 12.5. The summed E-state index contributed by atoms with van der Waals surface area (Å²) in [5.74, 6) is 1.60. The van der Waals surface area contributed by atoms with Crippen LogP contribution in [0.5, 0.6) is 5.75 Å². The molecule has 2 rings (SSSR count). The van der Waals surface area contributed by atoms with Crippen LogP contribution in [-0.2, 0) is 13.2 Å². The van der Waals surface area contributed by atoms with E-state index < -0.39 is 0 Å². The van der Waals surface area contributed by atoms with Crippen LogP contribution in [0.3, 0.4) is 0 Å². The van der Waals surface area contributed by atoms with Gasteiger partial charge in [0.1, 0.15) is 18.1 Å². The van der Waals surface area contributed by atoms with Crippen molar-refractivity contribution in [2.75, 3.05) is 6.54 Å². The number of aromatic nitrogens is 2. The molecule has 0 aliphatic rings. The van der Waals surface area contributed by atoms with Gasteiger partial charge in [-0.3, -0.25) is 4.98 Å². The Labute approximate surface area is 119 Å². The van der Waals surface area contributed by atoms with Crippen molar-refractivity contribution in [3.05, 3.63) is 40.5 Å². The van der Waals surface area contributed by atoms with E-state index in [0.717, 1.165) is 40.7 Å². The molecule has 1 N–H and O–H groups in total. The van der Waals surface area contributed by atoms with E-state index in [1.54, 1.807) is 0 Å². The van der Waals surface area contributed by atoms with Crippen LogP contribution in [0.4, 0.5) is 0 Å². The number of hydrogen-bond donors (Lipinski definition) is 1. The van der Waals surface area contributed by atoms with E-state index in [-0.39, 0.29) is 0 Å². The van der Waals surface area contributed by atoms with Gasteiger partial charge in [0.05, 0.1) is 17.0 Å². The summed E-state index contributed by atoms with van der Waals surface area (Å²) in [5.41, 5.74) is 3.79. The molecule has 0 aromatic carbocycles. The van der Waals surface area contributed by atoms with Gasteiger partial charge in [0, 0.05) is 12.2 Å². The second kappa shape index (κ2) is 6.52. The first-order valence-electron chi connectivity index (χ1n) is 6.83. The zero-order valence-electron chi connectivity index (χ0n) is 12.5. The predicted octanol–water partition coefficient (Wildman–Crippen LogP) is 2.68. The highest BCUT2D eigenvalue weighted by Gasteiger charge is 2.11. The van der Waals surface area contributed by atoms with Crippen LogP contribution in [0.15, 0.2) is 16.7 Å². The van der Waals surface area contributed by atoms with E-state index in [4.69, 9.17) is 9.26 Å². The molecule has 2 aromatic rings. The third kappa shape index (κ3) is 3.36. The maximum absolute atomic E-state index is 5.89. The van der Waals surface area contributed by atoms with Crippen molar-refractivity contribution in [1.82, 2.24) is 15.5 Å². The molecule has 108 valence electrons. The van der Waals surface area contributed by atoms with E-state index in [2.05, 4.69) is 22.4 Å². The zero-order chi connectivity index (χ0) is 14.5. The summed E-state index contributed by atoms with van der Waals surface area (Å²) in [5, 5.41) is 7.21. The fraction of sp³-hybridized carbons (Fsp3) is 0.467. The quantitative estimate of drug-likeness (QED) is 0.878. The largest absolute Gasteiger partial charge is 0.487 e. The summed E-state index contributed by atoms with van der Waals surface area (Å²) >= 11 is 0. The molecule has 0 unspecified atom stereocenters. The van der Waals surface area contributed by atoms with E-state index in [9.17, 15) is 0 Å². The van der Waals surface area contributed by atoms with Gasteiger partial charge in [-0.25, -0.2) is 0 Å². The summed E-state index contributed by atoms with van der Waals surface area (Å²) in [6, 6.07) is 3.92. The maximum atomic E-state index is 5.89. The minimum absolute atomic E-state index is 0.449. The number of hydrogen-bond acceptors (Lipinski definition) is 5. The van der Waals surface area contributed by atoms with Crippen molar-refractivity contribution in [2.24, 2.45) is 0 Å². The Kier molecular flexibility index (Phi) is 4.74. The van der Waals surface area contributed by atoms with Gasteiger partial charge in [-0.1, -0.05) is 12.1 Å². The van der Waals surface area contributed by atoms with Gasteiger partial charge in [0.15, 0.2) is 0 Å². The molecule has 0 spiro atoms. The number of pyridine rings is 1. The van der Waals surface area contributed by atoms with Crippen molar-refractivity contribution in [3.63, 3.8) is 0 Å². The van der Waals surface area contributed by atoms with Gasteiger partial charge >= 0.3 is 0 Å². The third-order valence-corrected chi connectivity index (χ3v) is 3.17. The molecule has 0 fully saturated rings. The van der Waals surface area contributed by atoms with E-state index in [1.165, 1.54) is 0 Å². The normalized spacial score (nSPS) is 10.8. The molecule has 2 heterocycles. The molecule has 0 bridgehead atoms. The Morgan fingerprint density at radius 3 is 2.70 bits per heavy atom. The van der Waals surface area contributed by atoms with Crippen molar-refractivity contribution in [1.29, 1.82) is 0 Å². The Morgan fingerprint density at radius 2 is 2.05 bits per heavy atom. The molecule has 20 heavy (non-hydrogen) atoms. The average Bonchev–Trinajstić information content (AvgIpc) is 2.75. The van der Waals surface area contributed by atoms with Crippen molar-refractivity contribution >= 4 is 0 Å². The molecule has 0 radical (unpaired) electrons. The Morgan fingerprint density at radius 1 is 1.25 bits per heavy atom. The summed E-state index contributed by atoms with van der Waals surface area (Å²) in [4.78, 5) is 4.53. The van der Waals surface area contributed by atoms with Gasteiger partial charge in [0.2, 0.25) is 0 Å². The molecular weight excluding hydrogens is 254 g/mol. The Balaban J connectivity index is 2.12. The molecule has 0 aliphatic carbocycles. The van der Waals surface area contributed by atoms with Crippen molar-refractivity contribution in [3.8, 4) is 5.75 Å². The number of nitrogens with zero attached hydrogens (tertiary/aromatic N) is 2. The second-order valence-electron chi connectivity index (χ2n) is 4.77. The molecule has 5 nitrogen and oxygen atoms in total. The van der Waals surface area contributed by atoms with Crippen molar-refractivity contribution in [2.45, 2.75) is 40.8 Å². The molecule has 0 saturated carbocycles. The molecule has 0 atom stereocenters. The van der Waals surface area contributed by atoms with Crippen molar-refractivity contribution < 1.29 is 9.26 Å². The lowest BCUT2D eigenvalue weighted by Crippen LogP contribution is -2.14. The average molecular weight is 275 g/mol. The van der Waals surface area contributed by atoms with Crippen LogP contribution in [0, 0.1) is 20.8 Å². The highest BCUT2D eigenvalue weighted by Crippen LogP contribution is 2.20. The SMILES string of the molecule is CCNCc1nc(C)ccc1OCc1c(C)noc1C. The fourth-order valence-electron chi connectivity index (χ4n) is 1.96. The van der Waals surface area contributed by atoms with E-state index in [0.29, 0.717) is 13.2 Å². The van der Waals surface area contributed by atoms with Gasteiger partial charge in [-0.15, -0.1) is 0 Å². The molecule has 0 saturated heterocycles. The maximum Gasteiger partial charge on any atom is 0.142 e. The summed E-state index contributed by atoms with van der Waals surface area (Å²) < 4.78 is 11.0. The van der Waals surface area contributed by atoms with Gasteiger partial charge in [0.25, 0.3) is 0 Å². The first-order valence-corrected chi connectivity index (χ1v) is 6.83. The Bertz CT molecular complexity index is 559. The lowest BCUT2D eigenvalue weighted by molar-refractivity contribution is 0.296. The molecular formula is C15H21N3O2. The lowest BCUT2D eigenvalue weighted by atomic mass is 10.2. The standard InChI is InChI=1S/C15H21N3O2/c1-5-16-8-14-15(7-6-10(2)17-14)19-9-13-11(3)18-20-12(13)4/h6-7,16H,5,8-9H2,1-4H3. The van der Waals surface area contributed by atoms with Gasteiger partial charge in [-0.05, 0) is 39.4 Å². The first kappa shape index (κ1) is 14.5. The second-order valence-corrected chi connectivity index (χ2v) is 4.77. The van der Waals surface area contributed by atoms with E-state index in [1.807, 2.05) is 32.9 Å². The highest BCUT2D eigenvalue weighted by atomic mass is 16.5. The number of rotatable bonds is 6. The first-order chi connectivity index (χ1) is 9.61. The number of ether oxygens (including phenoxy) is 1. The third-order valence-electron chi connectivity index (χ3n) is 3.17. The highest BCUT2D eigenvalue weighted by molar-refractivity contribution is 5.30. The van der Waals surface area contributed by atoms with E-state index >= 15 is 0 Å². The van der Waals surface area contributed by atoms with Crippen LogP contribution in [0.25, 0.3) is 0 Å². The molecule has 5 heteroatoms. The lowest BCUT2D eigenvalue weighted by Gasteiger charge is -2.11. The summed E-state index contributed by atoms with van der Waals surface area (Å²) in [6.45, 7) is 9.92.